The lowest BCUT2D eigenvalue weighted by Crippen LogP contribution is -2.25. The molecule has 0 atom stereocenters. The summed E-state index contributed by atoms with van der Waals surface area (Å²) in [7, 11) is -2.20. The highest BCUT2D eigenvalue weighted by Crippen LogP contribution is 2.18. The van der Waals surface area contributed by atoms with Crippen molar-refractivity contribution in [1.29, 1.82) is 0 Å². The van der Waals surface area contributed by atoms with E-state index in [9.17, 15) is 18.0 Å². The van der Waals surface area contributed by atoms with E-state index in [0.717, 1.165) is 11.3 Å². The van der Waals surface area contributed by atoms with Crippen LogP contribution >= 0.6 is 0 Å². The Kier molecular flexibility index (Phi) is 7.27. The van der Waals surface area contributed by atoms with E-state index in [1.807, 2.05) is 24.3 Å². The first-order valence-corrected chi connectivity index (χ1v) is 11.4. The van der Waals surface area contributed by atoms with Gasteiger partial charge in [-0.2, -0.15) is 0 Å². The molecule has 3 rings (SSSR count). The molecule has 0 aliphatic heterocycles. The van der Waals surface area contributed by atoms with Crippen LogP contribution in [0.25, 0.3) is 0 Å². The number of ketones is 1. The van der Waals surface area contributed by atoms with Crippen LogP contribution in [0.4, 0.5) is 5.69 Å². The molecule has 0 aliphatic carbocycles. The first kappa shape index (κ1) is 23.0. The van der Waals surface area contributed by atoms with Gasteiger partial charge >= 0.3 is 0 Å². The number of benzene rings is 3. The van der Waals surface area contributed by atoms with E-state index in [2.05, 4.69) is 10.0 Å². The van der Waals surface area contributed by atoms with Crippen LogP contribution < -0.4 is 14.8 Å². The minimum atomic E-state index is -3.81. The maximum atomic E-state index is 12.5. The van der Waals surface area contributed by atoms with Crippen molar-refractivity contribution in [2.45, 2.75) is 18.2 Å². The summed E-state index contributed by atoms with van der Waals surface area (Å²) in [5.41, 5.74) is 2.27. The fraction of sp³-hybridized carbons (Fsp3) is 0.167. The van der Waals surface area contributed by atoms with Crippen LogP contribution in [-0.4, -0.2) is 33.8 Å². The van der Waals surface area contributed by atoms with Crippen molar-refractivity contribution >= 4 is 27.4 Å². The normalized spacial score (nSPS) is 10.9. The number of sulfonamides is 1. The number of nitrogens with one attached hydrogen (secondary N) is 2. The lowest BCUT2D eigenvalue weighted by molar-refractivity contribution is 0.0953. The van der Waals surface area contributed by atoms with Gasteiger partial charge < -0.3 is 10.1 Å². The second-order valence-corrected chi connectivity index (χ2v) is 8.80. The van der Waals surface area contributed by atoms with Crippen molar-refractivity contribution < 1.29 is 22.7 Å². The van der Waals surface area contributed by atoms with Gasteiger partial charge in [-0.15, -0.1) is 0 Å². The summed E-state index contributed by atoms with van der Waals surface area (Å²) >= 11 is 0. The molecule has 7 nitrogen and oxygen atoms in total. The standard InChI is InChI=1S/C24H24N2O5S/c1-17(27)19-7-13-23(14-8-19)32(29,30)26-21-9-5-20(6-10-21)24(28)25-16-15-18-3-11-22(31-2)12-4-18/h3-14,26H,15-16H2,1-2H3,(H,25,28). The molecule has 2 N–H and O–H groups in total. The molecule has 0 saturated heterocycles. The van der Waals surface area contributed by atoms with Crippen LogP contribution in [-0.2, 0) is 16.4 Å². The molecule has 0 aromatic heterocycles. The third-order valence-electron chi connectivity index (χ3n) is 4.83. The van der Waals surface area contributed by atoms with Gasteiger partial charge in [-0.25, -0.2) is 8.42 Å². The van der Waals surface area contributed by atoms with Crippen LogP contribution in [0.1, 0.15) is 33.2 Å². The molecule has 1 amide bonds. The number of ether oxygens (including phenoxy) is 1. The Morgan fingerprint density at radius 1 is 0.844 bits per heavy atom. The number of carbonyl (C=O) groups excluding carboxylic acids is 2. The van der Waals surface area contributed by atoms with Crippen molar-refractivity contribution in [3.05, 3.63) is 89.5 Å². The zero-order valence-corrected chi connectivity index (χ0v) is 18.6. The molecular formula is C24H24N2O5S. The fourth-order valence-corrected chi connectivity index (χ4v) is 4.05. The lowest BCUT2D eigenvalue weighted by Gasteiger charge is -2.10. The zero-order chi connectivity index (χ0) is 23.1. The molecular weight excluding hydrogens is 428 g/mol. The molecule has 166 valence electrons. The summed E-state index contributed by atoms with van der Waals surface area (Å²) in [5.74, 6) is 0.397. The molecule has 0 spiro atoms. The van der Waals surface area contributed by atoms with Gasteiger partial charge in [0.15, 0.2) is 5.78 Å². The number of hydrogen-bond acceptors (Lipinski definition) is 5. The Bertz CT molecular complexity index is 1190. The monoisotopic (exact) mass is 452 g/mol. The molecule has 3 aromatic rings. The molecule has 0 radical (unpaired) electrons. The summed E-state index contributed by atoms with van der Waals surface area (Å²) < 4.78 is 32.7. The van der Waals surface area contributed by atoms with E-state index in [-0.39, 0.29) is 16.6 Å². The highest BCUT2D eigenvalue weighted by molar-refractivity contribution is 7.92. The second kappa shape index (κ2) is 10.1. The van der Waals surface area contributed by atoms with Gasteiger partial charge in [-0.3, -0.25) is 14.3 Å². The Hall–Kier alpha value is -3.65. The molecule has 3 aromatic carbocycles. The number of hydrogen-bond donors (Lipinski definition) is 2. The van der Waals surface area contributed by atoms with E-state index in [0.29, 0.717) is 29.8 Å². The number of amides is 1. The van der Waals surface area contributed by atoms with Crippen LogP contribution in [0.2, 0.25) is 0 Å². The van der Waals surface area contributed by atoms with E-state index in [4.69, 9.17) is 4.74 Å². The molecule has 0 aliphatic rings. The summed E-state index contributed by atoms with van der Waals surface area (Å²) in [5, 5.41) is 2.85. The van der Waals surface area contributed by atoms with Crippen LogP contribution in [0.3, 0.4) is 0 Å². The summed E-state index contributed by atoms with van der Waals surface area (Å²) in [4.78, 5) is 23.7. The minimum absolute atomic E-state index is 0.0443. The number of rotatable bonds is 9. The minimum Gasteiger partial charge on any atom is -0.497 e. The average Bonchev–Trinajstić information content (AvgIpc) is 2.79. The molecule has 0 heterocycles. The van der Waals surface area contributed by atoms with Gasteiger partial charge in [0.25, 0.3) is 15.9 Å². The van der Waals surface area contributed by atoms with Crippen molar-refractivity contribution in [2.24, 2.45) is 0 Å². The van der Waals surface area contributed by atoms with E-state index < -0.39 is 10.0 Å². The van der Waals surface area contributed by atoms with Gasteiger partial charge in [-0.1, -0.05) is 24.3 Å². The van der Waals surface area contributed by atoms with Gasteiger partial charge in [0, 0.05) is 23.4 Å². The fourth-order valence-electron chi connectivity index (χ4n) is 2.99. The molecule has 0 saturated carbocycles. The Morgan fingerprint density at radius 2 is 1.44 bits per heavy atom. The summed E-state index contributed by atoms with van der Waals surface area (Å²) in [6, 6.07) is 19.5. The SMILES string of the molecule is COc1ccc(CCNC(=O)c2ccc(NS(=O)(=O)c3ccc(C(C)=O)cc3)cc2)cc1. The van der Waals surface area contributed by atoms with E-state index in [1.165, 1.54) is 43.3 Å². The van der Waals surface area contributed by atoms with Crippen molar-refractivity contribution in [3.63, 3.8) is 0 Å². The number of carbonyl (C=O) groups is 2. The summed E-state index contributed by atoms with van der Waals surface area (Å²) in [6.07, 6.45) is 0.677. The zero-order valence-electron chi connectivity index (χ0n) is 17.8. The van der Waals surface area contributed by atoms with Gasteiger partial charge in [0.05, 0.1) is 12.0 Å². The number of Topliss-reactive ketones (excluding diaryl/α,β-unsaturated/α-hetero) is 1. The topological polar surface area (TPSA) is 102 Å². The molecule has 32 heavy (non-hydrogen) atoms. The predicted molar refractivity (Wildman–Crippen MR) is 123 cm³/mol. The smallest absolute Gasteiger partial charge is 0.261 e. The third kappa shape index (κ3) is 5.95. The quantitative estimate of drug-likeness (QED) is 0.483. The maximum Gasteiger partial charge on any atom is 0.261 e. The van der Waals surface area contributed by atoms with Crippen molar-refractivity contribution in [1.82, 2.24) is 5.32 Å². The average molecular weight is 453 g/mol. The molecule has 0 unspecified atom stereocenters. The first-order chi connectivity index (χ1) is 15.3. The predicted octanol–water partition coefficient (Wildman–Crippen LogP) is 3.67. The molecule has 0 fully saturated rings. The van der Waals surface area contributed by atoms with Crippen LogP contribution in [0.5, 0.6) is 5.75 Å². The third-order valence-corrected chi connectivity index (χ3v) is 6.23. The summed E-state index contributed by atoms with van der Waals surface area (Å²) in [6.45, 7) is 1.88. The van der Waals surface area contributed by atoms with Gasteiger partial charge in [-0.05, 0) is 67.4 Å². The Balaban J connectivity index is 1.56. The van der Waals surface area contributed by atoms with Crippen LogP contribution in [0, 0.1) is 0 Å². The lowest BCUT2D eigenvalue weighted by atomic mass is 10.1. The van der Waals surface area contributed by atoms with E-state index in [1.54, 1.807) is 19.2 Å². The van der Waals surface area contributed by atoms with Gasteiger partial charge in [0.1, 0.15) is 5.75 Å². The highest BCUT2D eigenvalue weighted by atomic mass is 32.2. The second-order valence-electron chi connectivity index (χ2n) is 7.12. The molecule has 8 heteroatoms. The van der Waals surface area contributed by atoms with E-state index >= 15 is 0 Å². The highest BCUT2D eigenvalue weighted by Gasteiger charge is 2.15. The van der Waals surface area contributed by atoms with Crippen molar-refractivity contribution in [3.8, 4) is 5.75 Å². The van der Waals surface area contributed by atoms with Crippen LogP contribution in [0.15, 0.2) is 77.7 Å². The first-order valence-electron chi connectivity index (χ1n) is 9.93. The number of anilines is 1. The Morgan fingerprint density at radius 3 is 2.00 bits per heavy atom. The maximum absolute atomic E-state index is 12.5. The molecule has 0 bridgehead atoms. The Labute approximate surface area is 187 Å². The van der Waals surface area contributed by atoms with Crippen molar-refractivity contribution in [2.75, 3.05) is 18.4 Å². The number of methoxy groups -OCH3 is 1. The van der Waals surface area contributed by atoms with Gasteiger partial charge in [0.2, 0.25) is 0 Å². The largest absolute Gasteiger partial charge is 0.497 e.